The number of hydrogen-bond acceptors (Lipinski definition) is 4. The number of pyridine rings is 1. The van der Waals surface area contributed by atoms with Gasteiger partial charge in [0.1, 0.15) is 6.10 Å². The Morgan fingerprint density at radius 2 is 2.00 bits per heavy atom. The summed E-state index contributed by atoms with van der Waals surface area (Å²) in [6.07, 6.45) is 2.49. The maximum atomic E-state index is 13.5. The van der Waals surface area contributed by atoms with Crippen molar-refractivity contribution in [1.82, 2.24) is 9.55 Å². The number of hydrogen-bond donors (Lipinski definition) is 0. The number of carbonyl (C=O) groups is 2. The first-order chi connectivity index (χ1) is 13.0. The van der Waals surface area contributed by atoms with Crippen molar-refractivity contribution in [1.29, 1.82) is 0 Å². The molecule has 0 bridgehead atoms. The van der Waals surface area contributed by atoms with Gasteiger partial charge in [0.2, 0.25) is 5.91 Å². The molecule has 2 aromatic heterocycles. The summed E-state index contributed by atoms with van der Waals surface area (Å²) in [5, 5.41) is 1.10. The molecule has 0 saturated carbocycles. The molecular formula is C22H22N2O3. The summed E-state index contributed by atoms with van der Waals surface area (Å²) in [6, 6.07) is 11.7. The van der Waals surface area contributed by atoms with Crippen LogP contribution in [0.2, 0.25) is 0 Å². The average molecular weight is 362 g/mol. The fourth-order valence-corrected chi connectivity index (χ4v) is 4.21. The summed E-state index contributed by atoms with van der Waals surface area (Å²) in [6.45, 7) is 5.32. The molecule has 0 aliphatic carbocycles. The van der Waals surface area contributed by atoms with Gasteiger partial charge in [-0.2, -0.15) is 0 Å². The minimum Gasteiger partial charge on any atom is -0.457 e. The first-order valence-electron chi connectivity index (χ1n) is 9.21. The second-order valence-electron chi connectivity index (χ2n) is 7.12. The molecule has 1 aliphatic heterocycles. The third kappa shape index (κ3) is 2.83. The lowest BCUT2D eigenvalue weighted by Gasteiger charge is -2.31. The van der Waals surface area contributed by atoms with E-state index in [1.54, 1.807) is 6.20 Å². The fourth-order valence-electron chi connectivity index (χ4n) is 4.21. The maximum absolute atomic E-state index is 13.5. The van der Waals surface area contributed by atoms with Gasteiger partial charge in [0.25, 0.3) is 0 Å². The van der Waals surface area contributed by atoms with Crippen LogP contribution in [-0.4, -0.2) is 21.4 Å². The van der Waals surface area contributed by atoms with Gasteiger partial charge >= 0.3 is 5.97 Å². The van der Waals surface area contributed by atoms with Crippen molar-refractivity contribution in [2.24, 2.45) is 5.92 Å². The van der Waals surface area contributed by atoms with E-state index in [0.29, 0.717) is 6.42 Å². The highest BCUT2D eigenvalue weighted by Crippen LogP contribution is 2.38. The van der Waals surface area contributed by atoms with E-state index in [-0.39, 0.29) is 5.91 Å². The van der Waals surface area contributed by atoms with Gasteiger partial charge in [-0.3, -0.25) is 19.1 Å². The monoisotopic (exact) mass is 362 g/mol. The number of rotatable bonds is 3. The van der Waals surface area contributed by atoms with Crippen molar-refractivity contribution in [3.05, 3.63) is 65.1 Å². The Labute approximate surface area is 158 Å². The van der Waals surface area contributed by atoms with Crippen LogP contribution in [0.5, 0.6) is 0 Å². The van der Waals surface area contributed by atoms with Crippen molar-refractivity contribution in [3.8, 4) is 0 Å². The molecule has 5 nitrogen and oxygen atoms in total. The minimum absolute atomic E-state index is 0.0185. The zero-order chi connectivity index (χ0) is 19.1. The van der Waals surface area contributed by atoms with E-state index >= 15 is 0 Å². The van der Waals surface area contributed by atoms with Crippen molar-refractivity contribution < 1.29 is 14.3 Å². The number of para-hydroxylation sites is 1. The van der Waals surface area contributed by atoms with Crippen LogP contribution in [0.3, 0.4) is 0 Å². The third-order valence-corrected chi connectivity index (χ3v) is 5.49. The van der Waals surface area contributed by atoms with Crippen molar-refractivity contribution in [3.63, 3.8) is 0 Å². The molecule has 4 rings (SSSR count). The Morgan fingerprint density at radius 3 is 2.74 bits per heavy atom. The Balaban J connectivity index is 1.82. The van der Waals surface area contributed by atoms with E-state index in [4.69, 9.17) is 4.74 Å². The number of carbonyl (C=O) groups excluding carboxylic acids is 2. The Hall–Kier alpha value is -2.95. The Morgan fingerprint density at radius 1 is 1.22 bits per heavy atom. The molecular weight excluding hydrogens is 340 g/mol. The van der Waals surface area contributed by atoms with Crippen LogP contribution in [0, 0.1) is 19.8 Å². The lowest BCUT2D eigenvalue weighted by molar-refractivity contribution is -0.149. The zero-order valence-corrected chi connectivity index (χ0v) is 15.7. The molecule has 0 saturated heterocycles. The quantitative estimate of drug-likeness (QED) is 0.657. The van der Waals surface area contributed by atoms with Gasteiger partial charge < -0.3 is 4.74 Å². The summed E-state index contributed by atoms with van der Waals surface area (Å²) in [4.78, 5) is 29.6. The summed E-state index contributed by atoms with van der Waals surface area (Å²) >= 11 is 0. The summed E-state index contributed by atoms with van der Waals surface area (Å²) in [5.74, 6) is -0.843. The fraction of sp³-hybridized carbons (Fsp3) is 0.318. The highest BCUT2D eigenvalue weighted by atomic mass is 16.5. The van der Waals surface area contributed by atoms with Crippen molar-refractivity contribution in [2.45, 2.75) is 39.7 Å². The largest absolute Gasteiger partial charge is 0.457 e. The molecule has 138 valence electrons. The topological polar surface area (TPSA) is 61.2 Å². The molecule has 27 heavy (non-hydrogen) atoms. The van der Waals surface area contributed by atoms with E-state index in [1.165, 1.54) is 6.92 Å². The molecule has 0 spiro atoms. The Bertz CT molecular complexity index is 1050. The molecule has 1 aromatic carbocycles. The molecule has 3 aromatic rings. The van der Waals surface area contributed by atoms with E-state index in [0.717, 1.165) is 39.8 Å². The van der Waals surface area contributed by atoms with E-state index in [1.807, 2.05) is 47.9 Å². The van der Waals surface area contributed by atoms with E-state index in [9.17, 15) is 9.59 Å². The predicted octanol–water partition coefficient (Wildman–Crippen LogP) is 4.16. The second kappa shape index (κ2) is 6.65. The van der Waals surface area contributed by atoms with Gasteiger partial charge in [0, 0.05) is 35.5 Å². The molecule has 1 aliphatic rings. The van der Waals surface area contributed by atoms with Gasteiger partial charge in [-0.25, -0.2) is 0 Å². The van der Waals surface area contributed by atoms with Gasteiger partial charge in [-0.1, -0.05) is 24.3 Å². The van der Waals surface area contributed by atoms with Crippen molar-refractivity contribution >= 4 is 22.8 Å². The van der Waals surface area contributed by atoms with Crippen LogP contribution in [0.1, 0.15) is 46.8 Å². The van der Waals surface area contributed by atoms with Gasteiger partial charge in [0.05, 0.1) is 11.4 Å². The van der Waals surface area contributed by atoms with Crippen LogP contribution in [-0.2, 0) is 16.0 Å². The summed E-state index contributed by atoms with van der Waals surface area (Å²) < 4.78 is 7.47. The number of nitrogens with zero attached hydrogens (tertiary/aromatic N) is 2. The smallest absolute Gasteiger partial charge is 0.303 e. The maximum Gasteiger partial charge on any atom is 0.303 e. The first-order valence-corrected chi connectivity index (χ1v) is 9.21. The molecule has 3 heterocycles. The summed E-state index contributed by atoms with van der Waals surface area (Å²) in [5.41, 5.74) is 4.70. The third-order valence-electron chi connectivity index (χ3n) is 5.49. The molecule has 5 heteroatoms. The normalized spacial score (nSPS) is 17.6. The number of fused-ring (bicyclic) bond motifs is 3. The molecule has 0 radical (unpaired) electrons. The van der Waals surface area contributed by atoms with Crippen LogP contribution < -0.4 is 0 Å². The Kier molecular flexibility index (Phi) is 4.30. The second-order valence-corrected chi connectivity index (χ2v) is 7.12. The van der Waals surface area contributed by atoms with Gasteiger partial charge in [-0.05, 0) is 44.4 Å². The SMILES string of the molecule is CC(=O)OC(c1cccnc1C)C1CCc2c(C)c3ccccc3n2C1=O. The number of benzene rings is 1. The number of aryl methyl sites for hydroxylation is 2. The molecule has 2 atom stereocenters. The van der Waals surface area contributed by atoms with Crippen molar-refractivity contribution in [2.75, 3.05) is 0 Å². The first kappa shape index (κ1) is 17.5. The van der Waals surface area contributed by atoms with Crippen LogP contribution in [0.25, 0.3) is 10.9 Å². The standard InChI is InChI=1S/C22H22N2O3/c1-13-16-7-4-5-9-20(16)24-19(13)11-10-18(22(24)26)21(27-15(3)25)17-8-6-12-23-14(17)2/h4-9,12,18,21H,10-11H2,1-3H3. The zero-order valence-electron chi connectivity index (χ0n) is 15.7. The number of aromatic nitrogens is 2. The molecule has 0 N–H and O–H groups in total. The average Bonchev–Trinajstić information content (AvgIpc) is 2.94. The highest BCUT2D eigenvalue weighted by Gasteiger charge is 2.38. The number of esters is 1. The predicted molar refractivity (Wildman–Crippen MR) is 103 cm³/mol. The minimum atomic E-state index is -0.627. The lowest BCUT2D eigenvalue weighted by Crippen LogP contribution is -2.35. The number of ether oxygens (including phenoxy) is 1. The van der Waals surface area contributed by atoms with E-state index < -0.39 is 18.0 Å². The van der Waals surface area contributed by atoms with Crippen LogP contribution in [0.15, 0.2) is 42.6 Å². The van der Waals surface area contributed by atoms with Crippen LogP contribution in [0.4, 0.5) is 0 Å². The highest BCUT2D eigenvalue weighted by molar-refractivity contribution is 5.98. The summed E-state index contributed by atoms with van der Waals surface area (Å²) in [7, 11) is 0. The molecule has 0 amide bonds. The van der Waals surface area contributed by atoms with Gasteiger partial charge in [-0.15, -0.1) is 0 Å². The molecule has 2 unspecified atom stereocenters. The molecule has 0 fully saturated rings. The van der Waals surface area contributed by atoms with Crippen LogP contribution >= 0.6 is 0 Å². The van der Waals surface area contributed by atoms with Gasteiger partial charge in [0.15, 0.2) is 0 Å². The lowest BCUT2D eigenvalue weighted by atomic mass is 9.86. The van der Waals surface area contributed by atoms with E-state index in [2.05, 4.69) is 11.9 Å².